The Hall–Kier alpha value is -1.10. The van der Waals surface area contributed by atoms with Gasteiger partial charge in [-0.2, -0.15) is 0 Å². The lowest BCUT2D eigenvalue weighted by atomic mass is 10.1. The summed E-state index contributed by atoms with van der Waals surface area (Å²) in [5.41, 5.74) is -0.490. The average molecular weight is 285 g/mol. The molecular formula is C15H27NO4. The molecule has 0 aliphatic carbocycles. The van der Waals surface area contributed by atoms with E-state index in [0.717, 1.165) is 32.5 Å². The van der Waals surface area contributed by atoms with E-state index in [-0.39, 0.29) is 30.8 Å². The van der Waals surface area contributed by atoms with Crippen molar-refractivity contribution in [1.82, 2.24) is 4.90 Å². The zero-order valence-electron chi connectivity index (χ0n) is 13.1. The topological polar surface area (TPSA) is 55.8 Å². The Labute approximate surface area is 121 Å². The first-order valence-electron chi connectivity index (χ1n) is 7.43. The third kappa shape index (κ3) is 6.37. The molecule has 0 aromatic rings. The SMILES string of the molecule is CCOC1CCN(C(=O)CCC(=O)OC(C)(C)C)CC1. The van der Waals surface area contributed by atoms with Gasteiger partial charge in [0.1, 0.15) is 5.60 Å². The maximum absolute atomic E-state index is 12.0. The molecule has 0 aromatic carbocycles. The summed E-state index contributed by atoms with van der Waals surface area (Å²) in [6, 6.07) is 0. The van der Waals surface area contributed by atoms with Crippen molar-refractivity contribution in [3.63, 3.8) is 0 Å². The van der Waals surface area contributed by atoms with Gasteiger partial charge in [0, 0.05) is 26.1 Å². The first kappa shape index (κ1) is 17.0. The Balaban J connectivity index is 2.25. The molecule has 20 heavy (non-hydrogen) atoms. The van der Waals surface area contributed by atoms with Crippen molar-refractivity contribution in [2.75, 3.05) is 19.7 Å². The minimum Gasteiger partial charge on any atom is -0.460 e. The van der Waals surface area contributed by atoms with E-state index in [0.29, 0.717) is 0 Å². The molecule has 5 nitrogen and oxygen atoms in total. The number of amides is 1. The number of ether oxygens (including phenoxy) is 2. The van der Waals surface area contributed by atoms with Crippen molar-refractivity contribution in [2.45, 2.75) is 65.1 Å². The fourth-order valence-corrected chi connectivity index (χ4v) is 2.27. The van der Waals surface area contributed by atoms with E-state index in [1.165, 1.54) is 0 Å². The lowest BCUT2D eigenvalue weighted by molar-refractivity contribution is -0.156. The third-order valence-corrected chi connectivity index (χ3v) is 3.16. The molecule has 0 N–H and O–H groups in total. The second-order valence-electron chi connectivity index (χ2n) is 6.12. The van der Waals surface area contributed by atoms with Crippen LogP contribution in [0.25, 0.3) is 0 Å². The molecule has 0 bridgehead atoms. The van der Waals surface area contributed by atoms with Crippen LogP contribution in [0.3, 0.4) is 0 Å². The van der Waals surface area contributed by atoms with E-state index in [2.05, 4.69) is 0 Å². The van der Waals surface area contributed by atoms with Crippen LogP contribution in [-0.4, -0.2) is 48.2 Å². The molecule has 0 atom stereocenters. The molecule has 0 spiro atoms. The van der Waals surface area contributed by atoms with Crippen LogP contribution in [0, 0.1) is 0 Å². The van der Waals surface area contributed by atoms with E-state index >= 15 is 0 Å². The van der Waals surface area contributed by atoms with Gasteiger partial charge < -0.3 is 14.4 Å². The van der Waals surface area contributed by atoms with Crippen LogP contribution in [0.2, 0.25) is 0 Å². The Morgan fingerprint density at radius 3 is 2.25 bits per heavy atom. The van der Waals surface area contributed by atoms with Gasteiger partial charge in [-0.3, -0.25) is 9.59 Å². The number of carbonyl (C=O) groups excluding carboxylic acids is 2. The number of carbonyl (C=O) groups is 2. The van der Waals surface area contributed by atoms with Crippen LogP contribution in [0.4, 0.5) is 0 Å². The number of hydrogen-bond donors (Lipinski definition) is 0. The minimum atomic E-state index is -0.490. The molecule has 5 heteroatoms. The largest absolute Gasteiger partial charge is 0.460 e. The monoisotopic (exact) mass is 285 g/mol. The minimum absolute atomic E-state index is 0.0332. The Morgan fingerprint density at radius 2 is 1.75 bits per heavy atom. The van der Waals surface area contributed by atoms with Crippen LogP contribution < -0.4 is 0 Å². The van der Waals surface area contributed by atoms with Gasteiger partial charge in [0.25, 0.3) is 0 Å². The molecule has 1 heterocycles. The van der Waals surface area contributed by atoms with Gasteiger partial charge in [-0.05, 0) is 40.5 Å². The number of rotatable bonds is 5. The van der Waals surface area contributed by atoms with E-state index in [1.807, 2.05) is 32.6 Å². The summed E-state index contributed by atoms with van der Waals surface area (Å²) in [4.78, 5) is 25.4. The zero-order chi connectivity index (χ0) is 15.2. The summed E-state index contributed by atoms with van der Waals surface area (Å²) < 4.78 is 10.7. The van der Waals surface area contributed by atoms with Crippen LogP contribution in [0.15, 0.2) is 0 Å². The van der Waals surface area contributed by atoms with Gasteiger partial charge in [0.15, 0.2) is 0 Å². The molecule has 1 aliphatic heterocycles. The molecule has 0 unspecified atom stereocenters. The maximum atomic E-state index is 12.0. The van der Waals surface area contributed by atoms with E-state index < -0.39 is 5.60 Å². The molecule has 0 aromatic heterocycles. The number of piperidine rings is 1. The average Bonchev–Trinajstić information content (AvgIpc) is 2.35. The Morgan fingerprint density at radius 1 is 1.15 bits per heavy atom. The standard InChI is InChI=1S/C15H27NO4/c1-5-19-12-8-10-16(11-9-12)13(17)6-7-14(18)20-15(2,3)4/h12H,5-11H2,1-4H3. The van der Waals surface area contributed by atoms with Crippen LogP contribution in [0.1, 0.15) is 53.4 Å². The van der Waals surface area contributed by atoms with Gasteiger partial charge in [-0.1, -0.05) is 0 Å². The molecule has 1 saturated heterocycles. The van der Waals surface area contributed by atoms with Crippen molar-refractivity contribution in [1.29, 1.82) is 0 Å². The molecule has 1 fully saturated rings. The molecule has 1 rings (SSSR count). The predicted molar refractivity (Wildman–Crippen MR) is 76.3 cm³/mol. The van der Waals surface area contributed by atoms with Crippen LogP contribution >= 0.6 is 0 Å². The highest BCUT2D eigenvalue weighted by Gasteiger charge is 2.24. The quantitative estimate of drug-likeness (QED) is 0.726. The van der Waals surface area contributed by atoms with E-state index in [1.54, 1.807) is 0 Å². The molecule has 1 amide bonds. The second kappa shape index (κ2) is 7.62. The van der Waals surface area contributed by atoms with Gasteiger partial charge in [-0.15, -0.1) is 0 Å². The van der Waals surface area contributed by atoms with Crippen LogP contribution in [-0.2, 0) is 19.1 Å². The normalized spacial score (nSPS) is 17.1. The number of hydrogen-bond acceptors (Lipinski definition) is 4. The molecule has 0 saturated carbocycles. The zero-order valence-corrected chi connectivity index (χ0v) is 13.1. The fourth-order valence-electron chi connectivity index (χ4n) is 2.27. The summed E-state index contributed by atoms with van der Waals surface area (Å²) in [6.45, 7) is 9.62. The third-order valence-electron chi connectivity index (χ3n) is 3.16. The Bertz CT molecular complexity index is 327. The van der Waals surface area contributed by atoms with Crippen molar-refractivity contribution < 1.29 is 19.1 Å². The molecular weight excluding hydrogens is 258 g/mol. The number of nitrogens with zero attached hydrogens (tertiary/aromatic N) is 1. The van der Waals surface area contributed by atoms with Crippen molar-refractivity contribution in [3.05, 3.63) is 0 Å². The summed E-state index contributed by atoms with van der Waals surface area (Å²) in [6.07, 6.45) is 2.42. The van der Waals surface area contributed by atoms with Gasteiger partial charge in [0.2, 0.25) is 5.91 Å². The lowest BCUT2D eigenvalue weighted by Crippen LogP contribution is -2.41. The summed E-state index contributed by atoms with van der Waals surface area (Å²) in [5.74, 6) is -0.277. The lowest BCUT2D eigenvalue weighted by Gasteiger charge is -2.31. The van der Waals surface area contributed by atoms with Crippen molar-refractivity contribution >= 4 is 11.9 Å². The number of likely N-dealkylation sites (tertiary alicyclic amines) is 1. The summed E-state index contributed by atoms with van der Waals surface area (Å²) in [5, 5.41) is 0. The maximum Gasteiger partial charge on any atom is 0.306 e. The first-order valence-corrected chi connectivity index (χ1v) is 7.43. The second-order valence-corrected chi connectivity index (χ2v) is 6.12. The first-order chi connectivity index (χ1) is 9.31. The van der Waals surface area contributed by atoms with Gasteiger partial charge >= 0.3 is 5.97 Å². The molecule has 1 aliphatic rings. The van der Waals surface area contributed by atoms with Gasteiger partial charge in [0.05, 0.1) is 12.5 Å². The van der Waals surface area contributed by atoms with Crippen molar-refractivity contribution in [3.8, 4) is 0 Å². The van der Waals surface area contributed by atoms with E-state index in [4.69, 9.17) is 9.47 Å². The summed E-state index contributed by atoms with van der Waals surface area (Å²) in [7, 11) is 0. The van der Waals surface area contributed by atoms with E-state index in [9.17, 15) is 9.59 Å². The highest BCUT2D eigenvalue weighted by atomic mass is 16.6. The number of esters is 1. The molecule has 116 valence electrons. The fraction of sp³-hybridized carbons (Fsp3) is 0.867. The summed E-state index contributed by atoms with van der Waals surface area (Å²) >= 11 is 0. The van der Waals surface area contributed by atoms with Crippen molar-refractivity contribution in [2.24, 2.45) is 0 Å². The van der Waals surface area contributed by atoms with Crippen LogP contribution in [0.5, 0.6) is 0 Å². The van der Waals surface area contributed by atoms with Gasteiger partial charge in [-0.25, -0.2) is 0 Å². The predicted octanol–water partition coefficient (Wildman–Crippen LogP) is 2.14. The highest BCUT2D eigenvalue weighted by molar-refractivity contribution is 5.81. The molecule has 0 radical (unpaired) electrons. The Kier molecular flexibility index (Phi) is 6.46. The highest BCUT2D eigenvalue weighted by Crippen LogP contribution is 2.15. The smallest absolute Gasteiger partial charge is 0.306 e.